The summed E-state index contributed by atoms with van der Waals surface area (Å²) in [5.74, 6) is -3.86. The maximum Gasteiger partial charge on any atom is 0.271 e. The second kappa shape index (κ2) is 8.95. The van der Waals surface area contributed by atoms with Crippen molar-refractivity contribution in [2.24, 2.45) is 0 Å². The predicted octanol–water partition coefficient (Wildman–Crippen LogP) is 0.469. The van der Waals surface area contributed by atoms with Gasteiger partial charge in [0.15, 0.2) is 11.6 Å². The van der Waals surface area contributed by atoms with Crippen molar-refractivity contribution in [3.05, 3.63) is 59.7 Å². The van der Waals surface area contributed by atoms with Gasteiger partial charge in [-0.1, -0.05) is 36.4 Å². The lowest BCUT2D eigenvalue weighted by atomic mass is 9.52. The van der Waals surface area contributed by atoms with Crippen molar-refractivity contribution in [3.8, 4) is 0 Å². The normalized spacial score (nSPS) is 44.0. The highest BCUT2D eigenvalue weighted by Crippen LogP contribution is 2.78. The Labute approximate surface area is 300 Å². The maximum atomic E-state index is 14.9. The SMILES string of the molecule is CC(=O)[C@@]12SSC3(C(=O)N1C)[C@@H](O)[C@]1([C@@]45c6ccccc6N[C@@H]4N4C(=O)[C@]6(C(C)=O)SS[C@]4(C(=O)N6C)[C@H]5O)c4ccccc4N[C@@H]1N3C2=O. The first-order valence-electron chi connectivity index (χ1n) is 15.8. The number of ketones is 2. The van der Waals surface area contributed by atoms with Crippen molar-refractivity contribution in [2.75, 3.05) is 24.7 Å². The number of anilines is 2. The second-order valence-corrected chi connectivity index (χ2v) is 19.0. The molecule has 2 aromatic rings. The smallest absolute Gasteiger partial charge is 0.271 e. The number of likely N-dealkylation sites (N-methyl/N-ethyl adjacent to an activating group) is 2. The van der Waals surface area contributed by atoms with Crippen LogP contribution in [0.15, 0.2) is 48.5 Å². The largest absolute Gasteiger partial charge is 0.388 e. The Morgan fingerprint density at radius 2 is 0.980 bits per heavy atom. The van der Waals surface area contributed by atoms with E-state index in [9.17, 15) is 39.0 Å². The van der Waals surface area contributed by atoms with Crippen LogP contribution < -0.4 is 10.6 Å². The van der Waals surface area contributed by atoms with Gasteiger partial charge in [-0.25, -0.2) is 0 Å². The van der Waals surface area contributed by atoms with E-state index in [2.05, 4.69) is 10.6 Å². The number of fused-ring (bicyclic) bond motifs is 11. The number of benzene rings is 2. The summed E-state index contributed by atoms with van der Waals surface area (Å²) in [5.41, 5.74) is -1.77. The third-order valence-corrected chi connectivity index (χ3v) is 19.7. The Hall–Kier alpha value is -3.42. The van der Waals surface area contributed by atoms with Gasteiger partial charge >= 0.3 is 0 Å². The summed E-state index contributed by atoms with van der Waals surface area (Å²) in [4.78, 5) is 83.0. The minimum absolute atomic E-state index is 0.455. The van der Waals surface area contributed by atoms with E-state index in [1.165, 1.54) is 37.7 Å². The zero-order chi connectivity index (χ0) is 35.3. The summed E-state index contributed by atoms with van der Waals surface area (Å²) in [5, 5.41) is 33.6. The molecule has 8 saturated heterocycles. The number of hydrogen-bond donors (Lipinski definition) is 4. The number of nitrogens with zero attached hydrogens (tertiary/aromatic N) is 4. The van der Waals surface area contributed by atoms with E-state index in [-0.39, 0.29) is 0 Å². The van der Waals surface area contributed by atoms with Gasteiger partial charge < -0.3 is 30.6 Å². The number of carbonyl (C=O) groups excluding carboxylic acids is 6. The summed E-state index contributed by atoms with van der Waals surface area (Å²) in [6, 6.07) is 14.1. The highest BCUT2D eigenvalue weighted by molar-refractivity contribution is 8.78. The van der Waals surface area contributed by atoms with Crippen LogP contribution in [0.5, 0.6) is 0 Å². The van der Waals surface area contributed by atoms with E-state index in [4.69, 9.17) is 0 Å². The van der Waals surface area contributed by atoms with Crippen molar-refractivity contribution in [1.29, 1.82) is 0 Å². The molecule has 0 aromatic heterocycles. The van der Waals surface area contributed by atoms with E-state index < -0.39 is 90.0 Å². The van der Waals surface area contributed by atoms with Gasteiger partial charge in [0.25, 0.3) is 23.6 Å². The topological polar surface area (TPSA) is 180 Å². The van der Waals surface area contributed by atoms with Crippen LogP contribution in [-0.2, 0) is 39.6 Å². The average molecular weight is 753 g/mol. The molecule has 50 heavy (non-hydrogen) atoms. The first kappa shape index (κ1) is 31.3. The fourth-order valence-electron chi connectivity index (χ4n) is 10.4. The van der Waals surface area contributed by atoms with E-state index >= 15 is 0 Å². The number of rotatable bonds is 3. The zero-order valence-corrected chi connectivity index (χ0v) is 30.0. The molecule has 4 amide bonds. The highest BCUT2D eigenvalue weighted by Gasteiger charge is 2.93. The molecule has 258 valence electrons. The van der Waals surface area contributed by atoms with Crippen LogP contribution in [0.4, 0.5) is 11.4 Å². The van der Waals surface area contributed by atoms with Crippen LogP contribution >= 0.6 is 43.2 Å². The van der Waals surface area contributed by atoms with Crippen molar-refractivity contribution in [1.82, 2.24) is 19.6 Å². The monoisotopic (exact) mass is 752 g/mol. The van der Waals surface area contributed by atoms with E-state index in [1.807, 2.05) is 0 Å². The molecule has 0 saturated carbocycles. The third-order valence-electron chi connectivity index (χ3n) is 12.4. The minimum atomic E-state index is -1.98. The van der Waals surface area contributed by atoms with Gasteiger partial charge in [0.1, 0.15) is 24.5 Å². The summed E-state index contributed by atoms with van der Waals surface area (Å²) in [6.07, 6.45) is -6.07. The lowest BCUT2D eigenvalue weighted by Crippen LogP contribution is -2.79. The molecule has 18 heteroatoms. The number of carbonyl (C=O) groups is 6. The van der Waals surface area contributed by atoms with Crippen molar-refractivity contribution in [3.63, 3.8) is 0 Å². The van der Waals surface area contributed by atoms with E-state index in [0.717, 1.165) is 53.0 Å². The molecule has 10 atom stereocenters. The summed E-state index contributed by atoms with van der Waals surface area (Å²) in [6.45, 7) is 2.50. The molecule has 14 nitrogen and oxygen atoms in total. The van der Waals surface area contributed by atoms with Crippen LogP contribution in [-0.4, -0.2) is 123 Å². The second-order valence-electron chi connectivity index (χ2n) is 13.9. The molecule has 4 bridgehead atoms. The Kier molecular flexibility index (Phi) is 5.61. The van der Waals surface area contributed by atoms with Gasteiger partial charge in [0.05, 0.1) is 10.8 Å². The maximum absolute atomic E-state index is 14.9. The van der Waals surface area contributed by atoms with Crippen LogP contribution in [0, 0.1) is 0 Å². The van der Waals surface area contributed by atoms with Crippen LogP contribution in [0.25, 0.3) is 0 Å². The first-order valence-corrected chi connectivity index (χ1v) is 20.1. The van der Waals surface area contributed by atoms with Gasteiger partial charge in [-0.2, -0.15) is 0 Å². The molecular formula is C32H28N6O8S4. The number of Topliss-reactive ketones (excluding diaryl/α,β-unsaturated/α-hetero) is 2. The third kappa shape index (κ3) is 2.57. The Bertz CT molecular complexity index is 1960. The van der Waals surface area contributed by atoms with Gasteiger partial charge in [0, 0.05) is 25.5 Å². The van der Waals surface area contributed by atoms with E-state index in [1.54, 1.807) is 48.5 Å². The number of aliphatic hydroxyl groups excluding tert-OH is 2. The quantitative estimate of drug-likeness (QED) is 0.251. The lowest BCUT2D eigenvalue weighted by molar-refractivity contribution is -0.170. The van der Waals surface area contributed by atoms with Crippen LogP contribution in [0.3, 0.4) is 0 Å². The number of nitrogens with one attached hydrogen (secondary N) is 2. The van der Waals surface area contributed by atoms with Crippen molar-refractivity contribution >= 4 is 89.7 Å². The molecule has 2 spiro atoms. The predicted molar refractivity (Wildman–Crippen MR) is 185 cm³/mol. The minimum Gasteiger partial charge on any atom is -0.388 e. The van der Waals surface area contributed by atoms with Gasteiger partial charge in [0.2, 0.25) is 19.5 Å². The molecular weight excluding hydrogens is 725 g/mol. The molecule has 0 aliphatic carbocycles. The standard InChI is InChI=1S/C32H28N6O8S4/c1-13(39)29-25(45)37-21-27(15-9-5-7-11-17(15)33-21,19(41)31(37,49-47-29)23(43)35(29)3)28-16-10-6-8-12-18(16)34-22(28)38-26(46)30(14(2)40)36(4)24(44)32(38,20(28)42)50-48-30/h5-12,19-22,33-34,41-42H,1-4H3/t19-,20-,21+,22+,27+,28+,29-,30-,31-,32?/m0/s1. The van der Waals surface area contributed by atoms with Gasteiger partial charge in [-0.3, -0.25) is 38.6 Å². The fourth-order valence-corrected chi connectivity index (χ4v) is 18.1. The molecule has 8 fully saturated rings. The molecule has 10 heterocycles. The number of para-hydroxylation sites is 2. The first-order chi connectivity index (χ1) is 23.7. The van der Waals surface area contributed by atoms with Crippen LogP contribution in [0.2, 0.25) is 0 Å². The van der Waals surface area contributed by atoms with E-state index in [0.29, 0.717) is 22.5 Å². The van der Waals surface area contributed by atoms with Crippen LogP contribution in [0.1, 0.15) is 25.0 Å². The molecule has 4 N–H and O–H groups in total. The van der Waals surface area contributed by atoms with Crippen molar-refractivity contribution in [2.45, 2.75) is 68.7 Å². The summed E-state index contributed by atoms with van der Waals surface area (Å²) in [7, 11) is 6.44. The molecule has 1 unspecified atom stereocenters. The summed E-state index contributed by atoms with van der Waals surface area (Å²) >= 11 is 0. The van der Waals surface area contributed by atoms with Gasteiger partial charge in [-0.05, 0) is 80.3 Å². The number of piperazine rings is 2. The zero-order valence-electron chi connectivity index (χ0n) is 26.7. The Morgan fingerprint density at radius 1 is 0.620 bits per heavy atom. The van der Waals surface area contributed by atoms with Crippen molar-refractivity contribution < 1.29 is 39.0 Å². The Balaban J connectivity index is 1.34. The number of aliphatic hydroxyl groups is 2. The number of hydrogen-bond acceptors (Lipinski definition) is 14. The average Bonchev–Trinajstić information content (AvgIpc) is 3.74. The fraction of sp³-hybridized carbons (Fsp3) is 0.438. The molecule has 12 rings (SSSR count). The molecule has 2 aromatic carbocycles. The number of amides is 4. The summed E-state index contributed by atoms with van der Waals surface area (Å²) < 4.78 is 0. The highest BCUT2D eigenvalue weighted by atomic mass is 33.1. The molecule has 10 aliphatic rings. The molecule has 10 aliphatic heterocycles. The lowest BCUT2D eigenvalue weighted by Gasteiger charge is -2.58. The Morgan fingerprint density at radius 3 is 1.34 bits per heavy atom. The molecule has 0 radical (unpaired) electrons. The van der Waals surface area contributed by atoms with Gasteiger partial charge in [-0.15, -0.1) is 0 Å².